The van der Waals surface area contributed by atoms with E-state index < -0.39 is 0 Å². The lowest BCUT2D eigenvalue weighted by Gasteiger charge is -2.29. The average molecular weight is 367 g/mol. The average Bonchev–Trinajstić information content (AvgIpc) is 2.70. The van der Waals surface area contributed by atoms with Gasteiger partial charge in [0.15, 0.2) is 0 Å². The van der Waals surface area contributed by atoms with Crippen molar-refractivity contribution in [3.63, 3.8) is 0 Å². The zero-order valence-corrected chi connectivity index (χ0v) is 15.8. The number of amides is 1. The predicted molar refractivity (Wildman–Crippen MR) is 107 cm³/mol. The molecule has 1 N–H and O–H groups in total. The van der Waals surface area contributed by atoms with Gasteiger partial charge >= 0.3 is 0 Å². The summed E-state index contributed by atoms with van der Waals surface area (Å²) in [6.45, 7) is 5.40. The van der Waals surface area contributed by atoms with Crippen LogP contribution in [0.25, 0.3) is 0 Å². The molecule has 142 valence electrons. The summed E-state index contributed by atoms with van der Waals surface area (Å²) in [4.78, 5) is 14.4. The third kappa shape index (κ3) is 5.31. The number of hydrogen-bond acceptors (Lipinski definition) is 5. The lowest BCUT2D eigenvalue weighted by molar-refractivity contribution is -0.120. The number of morpholine rings is 1. The molecular weight excluding hydrogens is 342 g/mol. The van der Waals surface area contributed by atoms with E-state index in [4.69, 9.17) is 9.47 Å². The number of carbonyl (C=O) groups excluding carboxylic acids is 1. The lowest BCUT2D eigenvalue weighted by atomic mass is 10.1. The second kappa shape index (κ2) is 9.19. The van der Waals surface area contributed by atoms with Crippen molar-refractivity contribution < 1.29 is 14.3 Å². The van der Waals surface area contributed by atoms with Crippen molar-refractivity contribution in [2.24, 2.45) is 5.10 Å². The molecule has 1 amide bonds. The molecule has 0 bridgehead atoms. The number of aryl methyl sites for hydroxylation is 1. The van der Waals surface area contributed by atoms with Crippen LogP contribution < -0.4 is 15.1 Å². The summed E-state index contributed by atoms with van der Waals surface area (Å²) >= 11 is 0. The van der Waals surface area contributed by atoms with Crippen LogP contribution in [0.3, 0.4) is 0 Å². The van der Waals surface area contributed by atoms with Crippen molar-refractivity contribution in [1.82, 2.24) is 5.43 Å². The minimum Gasteiger partial charge on any atom is -0.497 e. The van der Waals surface area contributed by atoms with Gasteiger partial charge in [0.05, 0.1) is 33.0 Å². The van der Waals surface area contributed by atoms with E-state index >= 15 is 0 Å². The van der Waals surface area contributed by atoms with E-state index in [9.17, 15) is 4.79 Å². The molecule has 3 rings (SSSR count). The van der Waals surface area contributed by atoms with Gasteiger partial charge in [-0.1, -0.05) is 18.2 Å². The maximum Gasteiger partial charge on any atom is 0.244 e. The standard InChI is InChI=1S/C21H25N3O3/c1-16-12-19(24-8-10-27-11-9-24)7-6-18(16)15-22-23-21(25)14-17-4-3-5-20(13-17)26-2/h3-7,12-13,15H,8-11,14H2,1-2H3,(H,23,25)/b22-15+. The third-order valence-electron chi connectivity index (χ3n) is 4.52. The summed E-state index contributed by atoms with van der Waals surface area (Å²) in [5, 5.41) is 4.09. The van der Waals surface area contributed by atoms with E-state index in [1.165, 1.54) is 5.69 Å². The van der Waals surface area contributed by atoms with Crippen LogP contribution in [0.2, 0.25) is 0 Å². The largest absolute Gasteiger partial charge is 0.497 e. The number of hydrogen-bond donors (Lipinski definition) is 1. The van der Waals surface area contributed by atoms with Gasteiger partial charge in [-0.15, -0.1) is 0 Å². The van der Waals surface area contributed by atoms with Crippen molar-refractivity contribution in [2.45, 2.75) is 13.3 Å². The van der Waals surface area contributed by atoms with Crippen molar-refractivity contribution in [2.75, 3.05) is 38.3 Å². The Bertz CT molecular complexity index is 814. The first kappa shape index (κ1) is 18.9. The minimum atomic E-state index is -0.165. The Balaban J connectivity index is 1.56. The number of nitrogens with zero attached hydrogens (tertiary/aromatic N) is 2. The Labute approximate surface area is 159 Å². The van der Waals surface area contributed by atoms with Crippen molar-refractivity contribution in [1.29, 1.82) is 0 Å². The SMILES string of the molecule is COc1cccc(CC(=O)N/N=C/c2ccc(N3CCOCC3)cc2C)c1. The van der Waals surface area contributed by atoms with E-state index in [1.807, 2.05) is 37.3 Å². The van der Waals surface area contributed by atoms with Gasteiger partial charge in [0.2, 0.25) is 5.91 Å². The highest BCUT2D eigenvalue weighted by atomic mass is 16.5. The maximum absolute atomic E-state index is 12.1. The molecule has 0 atom stereocenters. The number of anilines is 1. The maximum atomic E-state index is 12.1. The molecule has 0 unspecified atom stereocenters. The summed E-state index contributed by atoms with van der Waals surface area (Å²) in [7, 11) is 1.61. The molecule has 2 aromatic rings. The highest BCUT2D eigenvalue weighted by Gasteiger charge is 2.11. The molecule has 1 aliphatic heterocycles. The van der Waals surface area contributed by atoms with Crippen LogP contribution in [-0.4, -0.2) is 45.5 Å². The third-order valence-corrected chi connectivity index (χ3v) is 4.52. The molecule has 6 nitrogen and oxygen atoms in total. The summed E-state index contributed by atoms with van der Waals surface area (Å²) < 4.78 is 10.6. The molecule has 0 aromatic heterocycles. The fourth-order valence-corrected chi connectivity index (χ4v) is 3.00. The smallest absolute Gasteiger partial charge is 0.244 e. The Kier molecular flexibility index (Phi) is 6.44. The summed E-state index contributed by atoms with van der Waals surface area (Å²) in [6, 6.07) is 13.7. The summed E-state index contributed by atoms with van der Waals surface area (Å²) in [5.41, 5.74) is 6.75. The summed E-state index contributed by atoms with van der Waals surface area (Å²) in [5.74, 6) is 0.571. The van der Waals surface area contributed by atoms with E-state index in [1.54, 1.807) is 13.3 Å². The molecule has 0 saturated carbocycles. The van der Waals surface area contributed by atoms with Gasteiger partial charge in [0.25, 0.3) is 0 Å². The molecule has 27 heavy (non-hydrogen) atoms. The zero-order valence-electron chi connectivity index (χ0n) is 15.8. The molecule has 0 spiro atoms. The van der Waals surface area contributed by atoms with Crippen LogP contribution >= 0.6 is 0 Å². The Morgan fingerprint density at radius 2 is 2.07 bits per heavy atom. The topological polar surface area (TPSA) is 63.2 Å². The minimum absolute atomic E-state index is 0.165. The number of rotatable bonds is 6. The van der Waals surface area contributed by atoms with Gasteiger partial charge < -0.3 is 14.4 Å². The van der Waals surface area contributed by atoms with Gasteiger partial charge in [-0.2, -0.15) is 5.10 Å². The number of nitrogens with one attached hydrogen (secondary N) is 1. The molecule has 0 aliphatic carbocycles. The van der Waals surface area contributed by atoms with E-state index in [2.05, 4.69) is 27.6 Å². The molecule has 1 saturated heterocycles. The van der Waals surface area contributed by atoms with Crippen LogP contribution in [0.4, 0.5) is 5.69 Å². The van der Waals surface area contributed by atoms with Crippen LogP contribution in [0, 0.1) is 6.92 Å². The van der Waals surface area contributed by atoms with Crippen LogP contribution in [-0.2, 0) is 16.0 Å². The number of ether oxygens (including phenoxy) is 2. The van der Waals surface area contributed by atoms with Gasteiger partial charge in [-0.3, -0.25) is 4.79 Å². The Hall–Kier alpha value is -2.86. The Morgan fingerprint density at radius 1 is 1.26 bits per heavy atom. The first-order valence-electron chi connectivity index (χ1n) is 9.04. The predicted octanol–water partition coefficient (Wildman–Crippen LogP) is 2.53. The van der Waals surface area contributed by atoms with E-state index in [0.29, 0.717) is 0 Å². The molecule has 1 fully saturated rings. The summed E-state index contributed by atoms with van der Waals surface area (Å²) in [6.07, 6.45) is 1.94. The highest BCUT2D eigenvalue weighted by Crippen LogP contribution is 2.19. The first-order chi connectivity index (χ1) is 13.2. The van der Waals surface area contributed by atoms with Gasteiger partial charge in [0.1, 0.15) is 5.75 Å². The zero-order chi connectivity index (χ0) is 19.1. The van der Waals surface area contributed by atoms with Crippen LogP contribution in [0.5, 0.6) is 5.75 Å². The second-order valence-corrected chi connectivity index (χ2v) is 6.46. The fraction of sp³-hybridized carbons (Fsp3) is 0.333. The monoisotopic (exact) mass is 367 g/mol. The normalized spacial score (nSPS) is 14.4. The molecular formula is C21H25N3O3. The second-order valence-electron chi connectivity index (χ2n) is 6.46. The first-order valence-corrected chi connectivity index (χ1v) is 9.04. The fourth-order valence-electron chi connectivity index (χ4n) is 3.00. The number of methoxy groups -OCH3 is 1. The van der Waals surface area contributed by atoms with Crippen molar-refractivity contribution in [3.05, 3.63) is 59.2 Å². The van der Waals surface area contributed by atoms with Gasteiger partial charge in [-0.25, -0.2) is 5.43 Å². The van der Waals surface area contributed by atoms with Crippen LogP contribution in [0.1, 0.15) is 16.7 Å². The molecule has 1 aliphatic rings. The van der Waals surface area contributed by atoms with E-state index in [-0.39, 0.29) is 12.3 Å². The molecule has 0 radical (unpaired) electrons. The Morgan fingerprint density at radius 3 is 2.81 bits per heavy atom. The van der Waals surface area contributed by atoms with Gasteiger partial charge in [0, 0.05) is 18.8 Å². The van der Waals surface area contributed by atoms with E-state index in [0.717, 1.165) is 48.7 Å². The molecule has 1 heterocycles. The quantitative estimate of drug-likeness (QED) is 0.630. The number of benzene rings is 2. The lowest BCUT2D eigenvalue weighted by Crippen LogP contribution is -2.36. The highest BCUT2D eigenvalue weighted by molar-refractivity contribution is 5.85. The number of carbonyl (C=O) groups is 1. The van der Waals surface area contributed by atoms with Gasteiger partial charge in [-0.05, 0) is 47.9 Å². The van der Waals surface area contributed by atoms with Crippen molar-refractivity contribution >= 4 is 17.8 Å². The molecule has 2 aromatic carbocycles. The van der Waals surface area contributed by atoms with Crippen LogP contribution in [0.15, 0.2) is 47.6 Å². The molecule has 6 heteroatoms. The number of hydrazone groups is 1. The van der Waals surface area contributed by atoms with Crippen molar-refractivity contribution in [3.8, 4) is 5.75 Å².